The molecule has 0 aliphatic carbocycles. The molecule has 0 unspecified atom stereocenters. The number of benzene rings is 2. The molecule has 1 fully saturated rings. The summed E-state index contributed by atoms with van der Waals surface area (Å²) in [4.78, 5) is 28.1. The molecule has 0 spiro atoms. The average molecular weight is 392 g/mol. The van der Waals surface area contributed by atoms with Crippen molar-refractivity contribution in [1.82, 2.24) is 9.80 Å². The Morgan fingerprint density at radius 2 is 1.48 bits per heavy atom. The number of hydrogen-bond donors (Lipinski definition) is 2. The van der Waals surface area contributed by atoms with E-state index in [0.717, 1.165) is 11.1 Å². The van der Waals surface area contributed by atoms with Crippen LogP contribution in [0.25, 0.3) is 12.2 Å². The van der Waals surface area contributed by atoms with Crippen molar-refractivity contribution in [2.24, 2.45) is 0 Å². The molecule has 0 saturated carbocycles. The first-order valence-electron chi connectivity index (χ1n) is 9.45. The Morgan fingerprint density at radius 1 is 0.862 bits per heavy atom. The van der Waals surface area contributed by atoms with Crippen molar-refractivity contribution in [3.05, 3.63) is 71.3 Å². The van der Waals surface area contributed by atoms with Crippen molar-refractivity contribution in [2.75, 3.05) is 26.2 Å². The Morgan fingerprint density at radius 3 is 2.07 bits per heavy atom. The first-order chi connectivity index (χ1) is 13.9. The molecule has 2 amide bonds. The number of nitrogens with zero attached hydrogens (tertiary/aromatic N) is 2. The highest BCUT2D eigenvalue weighted by molar-refractivity contribution is 5.93. The summed E-state index contributed by atoms with van der Waals surface area (Å²) in [5.74, 6) is -0.379. The predicted molar refractivity (Wildman–Crippen MR) is 112 cm³/mol. The van der Waals surface area contributed by atoms with Crippen molar-refractivity contribution in [1.29, 1.82) is 0 Å². The van der Waals surface area contributed by atoms with Crippen LogP contribution in [-0.2, 0) is 9.59 Å². The fourth-order valence-electron chi connectivity index (χ4n) is 3.13. The van der Waals surface area contributed by atoms with Gasteiger partial charge in [0, 0.05) is 50.0 Å². The van der Waals surface area contributed by atoms with Gasteiger partial charge in [0.2, 0.25) is 11.8 Å². The van der Waals surface area contributed by atoms with Gasteiger partial charge in [0.25, 0.3) is 0 Å². The summed E-state index contributed by atoms with van der Waals surface area (Å²) < 4.78 is 0. The number of rotatable bonds is 4. The van der Waals surface area contributed by atoms with E-state index in [1.54, 1.807) is 22.0 Å². The lowest BCUT2D eigenvalue weighted by atomic mass is 10.1. The highest BCUT2D eigenvalue weighted by Crippen LogP contribution is 2.23. The van der Waals surface area contributed by atoms with Crippen LogP contribution in [0.1, 0.15) is 16.7 Å². The van der Waals surface area contributed by atoms with Gasteiger partial charge in [0.05, 0.1) is 0 Å². The summed E-state index contributed by atoms with van der Waals surface area (Å²) in [7, 11) is 0. The molecule has 6 heteroatoms. The van der Waals surface area contributed by atoms with Gasteiger partial charge in [-0.1, -0.05) is 29.8 Å². The van der Waals surface area contributed by atoms with Gasteiger partial charge in [-0.2, -0.15) is 0 Å². The van der Waals surface area contributed by atoms with Crippen molar-refractivity contribution in [3.63, 3.8) is 0 Å². The smallest absolute Gasteiger partial charge is 0.246 e. The van der Waals surface area contributed by atoms with E-state index in [0.29, 0.717) is 31.7 Å². The third-order valence-electron chi connectivity index (χ3n) is 4.78. The molecule has 0 atom stereocenters. The van der Waals surface area contributed by atoms with Gasteiger partial charge in [-0.05, 0) is 36.8 Å². The molecule has 2 aromatic rings. The Kier molecular flexibility index (Phi) is 6.34. The number of phenols is 2. The molecule has 29 heavy (non-hydrogen) atoms. The molecule has 1 aliphatic rings. The monoisotopic (exact) mass is 392 g/mol. The second-order valence-electron chi connectivity index (χ2n) is 6.97. The van der Waals surface area contributed by atoms with E-state index >= 15 is 0 Å². The number of phenolic OH excluding ortho intramolecular Hbond substituents is 2. The van der Waals surface area contributed by atoms with E-state index in [-0.39, 0.29) is 23.3 Å². The molecule has 1 saturated heterocycles. The maximum atomic E-state index is 12.4. The van der Waals surface area contributed by atoms with Gasteiger partial charge in [-0.3, -0.25) is 9.59 Å². The molecule has 0 bridgehead atoms. The zero-order valence-electron chi connectivity index (χ0n) is 16.3. The quantitative estimate of drug-likeness (QED) is 0.784. The topological polar surface area (TPSA) is 81.1 Å². The standard InChI is InChI=1S/C23H24N2O4/c1-17-3-2-4-18(15-17)5-9-22(28)24-11-13-25(14-12-24)23(29)10-7-19-6-8-20(26)16-21(19)27/h2-10,15-16,26-27H,11-14H2,1H3/b9-5+,10-7+. The Balaban J connectivity index is 1.52. The third kappa shape index (κ3) is 5.48. The molecule has 2 aromatic carbocycles. The average Bonchev–Trinajstić information content (AvgIpc) is 2.71. The summed E-state index contributed by atoms with van der Waals surface area (Å²) in [6.07, 6.45) is 6.28. The van der Waals surface area contributed by atoms with Crippen molar-refractivity contribution in [3.8, 4) is 11.5 Å². The van der Waals surface area contributed by atoms with Crippen LogP contribution >= 0.6 is 0 Å². The van der Waals surface area contributed by atoms with Crippen LogP contribution < -0.4 is 0 Å². The highest BCUT2D eigenvalue weighted by atomic mass is 16.3. The second-order valence-corrected chi connectivity index (χ2v) is 6.97. The summed E-state index contributed by atoms with van der Waals surface area (Å²) in [5.41, 5.74) is 2.57. The van der Waals surface area contributed by atoms with E-state index in [4.69, 9.17) is 0 Å². The first-order valence-corrected chi connectivity index (χ1v) is 9.45. The number of aromatic hydroxyl groups is 2. The van der Waals surface area contributed by atoms with E-state index in [1.807, 2.05) is 31.2 Å². The van der Waals surface area contributed by atoms with Crippen molar-refractivity contribution < 1.29 is 19.8 Å². The van der Waals surface area contributed by atoms with Crippen LogP contribution in [0.3, 0.4) is 0 Å². The largest absolute Gasteiger partial charge is 0.508 e. The molecule has 1 aliphatic heterocycles. The van der Waals surface area contributed by atoms with E-state index in [2.05, 4.69) is 0 Å². The lowest BCUT2D eigenvalue weighted by Crippen LogP contribution is -2.49. The maximum absolute atomic E-state index is 12.4. The number of carbonyl (C=O) groups is 2. The fraction of sp³-hybridized carbons (Fsp3) is 0.217. The van der Waals surface area contributed by atoms with Crippen LogP contribution in [0.5, 0.6) is 11.5 Å². The lowest BCUT2D eigenvalue weighted by Gasteiger charge is -2.33. The Labute approximate surface area is 170 Å². The minimum Gasteiger partial charge on any atom is -0.508 e. The summed E-state index contributed by atoms with van der Waals surface area (Å²) in [6, 6.07) is 12.1. The normalized spacial score (nSPS) is 14.7. The number of piperazine rings is 1. The predicted octanol–water partition coefficient (Wildman–Crippen LogP) is 2.80. The van der Waals surface area contributed by atoms with Gasteiger partial charge >= 0.3 is 0 Å². The maximum Gasteiger partial charge on any atom is 0.246 e. The molecule has 0 aromatic heterocycles. The number of aryl methyl sites for hydroxylation is 1. The van der Waals surface area contributed by atoms with E-state index in [1.165, 1.54) is 30.4 Å². The SMILES string of the molecule is Cc1cccc(/C=C/C(=O)N2CCN(C(=O)/C=C/c3ccc(O)cc3O)CC2)c1. The number of hydrogen-bond acceptors (Lipinski definition) is 4. The third-order valence-corrected chi connectivity index (χ3v) is 4.78. The lowest BCUT2D eigenvalue weighted by molar-refractivity contribution is -0.133. The fourth-order valence-corrected chi connectivity index (χ4v) is 3.13. The first kappa shape index (κ1) is 20.2. The molecule has 1 heterocycles. The van der Waals surface area contributed by atoms with E-state index in [9.17, 15) is 19.8 Å². The van der Waals surface area contributed by atoms with Gasteiger partial charge < -0.3 is 20.0 Å². The van der Waals surface area contributed by atoms with Gasteiger partial charge in [-0.25, -0.2) is 0 Å². The molecule has 150 valence electrons. The van der Waals surface area contributed by atoms with Crippen molar-refractivity contribution >= 4 is 24.0 Å². The highest BCUT2D eigenvalue weighted by Gasteiger charge is 2.21. The van der Waals surface area contributed by atoms with Crippen LogP contribution in [-0.4, -0.2) is 58.0 Å². The summed E-state index contributed by atoms with van der Waals surface area (Å²) in [5, 5.41) is 19.1. The minimum absolute atomic E-state index is 0.0387. The second kappa shape index (κ2) is 9.10. The summed E-state index contributed by atoms with van der Waals surface area (Å²) in [6.45, 7) is 3.86. The summed E-state index contributed by atoms with van der Waals surface area (Å²) >= 11 is 0. The number of amides is 2. The van der Waals surface area contributed by atoms with Crippen LogP contribution in [0.15, 0.2) is 54.6 Å². The van der Waals surface area contributed by atoms with Gasteiger partial charge in [0.1, 0.15) is 11.5 Å². The van der Waals surface area contributed by atoms with Crippen LogP contribution in [0.4, 0.5) is 0 Å². The van der Waals surface area contributed by atoms with Crippen molar-refractivity contribution in [2.45, 2.75) is 6.92 Å². The Hall–Kier alpha value is -3.54. The molecular weight excluding hydrogens is 368 g/mol. The molecule has 0 radical (unpaired) electrons. The molecule has 3 rings (SSSR count). The minimum atomic E-state index is -0.181. The Bertz CT molecular complexity index is 957. The van der Waals surface area contributed by atoms with Crippen LogP contribution in [0, 0.1) is 6.92 Å². The molecule has 2 N–H and O–H groups in total. The van der Waals surface area contributed by atoms with Gasteiger partial charge in [0.15, 0.2) is 0 Å². The zero-order chi connectivity index (χ0) is 20.8. The van der Waals surface area contributed by atoms with Gasteiger partial charge in [-0.15, -0.1) is 0 Å². The van der Waals surface area contributed by atoms with E-state index < -0.39 is 0 Å². The molecular formula is C23H24N2O4. The van der Waals surface area contributed by atoms with Crippen LogP contribution in [0.2, 0.25) is 0 Å². The molecule has 6 nitrogen and oxygen atoms in total. The zero-order valence-corrected chi connectivity index (χ0v) is 16.3. The number of carbonyl (C=O) groups excluding carboxylic acids is 2.